The standard InChI is InChI=1S/C17H21N5O2/c1-22(2)9-5-8-18-17(23)19-16-11-13(20-21-16)15-10-12-6-3-4-7-14(12)24-15/h3-4,6-7,10-11H,5,8-9H2,1-2H3,(H3,18,19,20,21,23). The third-order valence-corrected chi connectivity index (χ3v) is 3.58. The molecule has 3 N–H and O–H groups in total. The van der Waals surface area contributed by atoms with Crippen LogP contribution in [-0.4, -0.2) is 48.3 Å². The second kappa shape index (κ2) is 7.18. The van der Waals surface area contributed by atoms with Gasteiger partial charge in [0.25, 0.3) is 0 Å². The number of H-pyrrole nitrogens is 1. The summed E-state index contributed by atoms with van der Waals surface area (Å²) in [5, 5.41) is 13.5. The highest BCUT2D eigenvalue weighted by atomic mass is 16.3. The van der Waals surface area contributed by atoms with E-state index in [2.05, 4.69) is 25.7 Å². The van der Waals surface area contributed by atoms with E-state index in [4.69, 9.17) is 4.42 Å². The van der Waals surface area contributed by atoms with Crippen LogP contribution in [0, 0.1) is 0 Å². The zero-order valence-electron chi connectivity index (χ0n) is 13.8. The Balaban J connectivity index is 1.58. The highest BCUT2D eigenvalue weighted by Gasteiger charge is 2.10. The fraction of sp³-hybridized carbons (Fsp3) is 0.294. The summed E-state index contributed by atoms with van der Waals surface area (Å²) in [5.41, 5.74) is 1.53. The molecule has 0 aliphatic rings. The Hall–Kier alpha value is -2.80. The number of carbonyl (C=O) groups is 1. The molecule has 0 aliphatic carbocycles. The third kappa shape index (κ3) is 3.94. The Bertz CT molecular complexity index is 788. The lowest BCUT2D eigenvalue weighted by atomic mass is 10.2. The molecule has 2 aromatic heterocycles. The molecule has 0 bridgehead atoms. The van der Waals surface area contributed by atoms with Gasteiger partial charge in [0, 0.05) is 18.0 Å². The largest absolute Gasteiger partial charge is 0.454 e. The SMILES string of the molecule is CN(C)CCCNC(=O)Nc1cc(-c2cc3ccccc3o2)[nH]n1. The normalized spacial score (nSPS) is 11.1. The quantitative estimate of drug-likeness (QED) is 0.608. The average molecular weight is 327 g/mol. The molecule has 7 nitrogen and oxygen atoms in total. The van der Waals surface area contributed by atoms with Gasteiger partial charge in [-0.2, -0.15) is 5.10 Å². The Morgan fingerprint density at radius 3 is 2.92 bits per heavy atom. The number of anilines is 1. The van der Waals surface area contributed by atoms with Crippen LogP contribution in [0.15, 0.2) is 40.8 Å². The van der Waals surface area contributed by atoms with Crippen LogP contribution < -0.4 is 10.6 Å². The van der Waals surface area contributed by atoms with Crippen molar-refractivity contribution in [2.24, 2.45) is 0 Å². The molecule has 3 rings (SSSR count). The Kier molecular flexibility index (Phi) is 4.81. The van der Waals surface area contributed by atoms with E-state index in [1.54, 1.807) is 6.07 Å². The van der Waals surface area contributed by atoms with Gasteiger partial charge in [0.05, 0.1) is 0 Å². The van der Waals surface area contributed by atoms with E-state index in [9.17, 15) is 4.79 Å². The van der Waals surface area contributed by atoms with Crippen LogP contribution in [0.25, 0.3) is 22.4 Å². The number of rotatable bonds is 6. The number of fused-ring (bicyclic) bond motifs is 1. The van der Waals surface area contributed by atoms with Gasteiger partial charge in [-0.05, 0) is 39.2 Å². The number of nitrogens with one attached hydrogen (secondary N) is 3. The van der Waals surface area contributed by atoms with E-state index in [1.165, 1.54) is 0 Å². The topological polar surface area (TPSA) is 86.2 Å². The van der Waals surface area contributed by atoms with Crippen molar-refractivity contribution in [2.45, 2.75) is 6.42 Å². The maximum absolute atomic E-state index is 11.8. The van der Waals surface area contributed by atoms with Gasteiger partial charge in [0.1, 0.15) is 11.3 Å². The lowest BCUT2D eigenvalue weighted by molar-refractivity contribution is 0.251. The molecule has 0 fully saturated rings. The summed E-state index contributed by atoms with van der Waals surface area (Å²) in [6.07, 6.45) is 0.894. The van der Waals surface area contributed by atoms with Crippen LogP contribution >= 0.6 is 0 Å². The number of carbonyl (C=O) groups excluding carboxylic acids is 1. The molecular formula is C17H21N5O2. The molecule has 0 spiro atoms. The zero-order chi connectivity index (χ0) is 16.9. The Morgan fingerprint density at radius 1 is 1.29 bits per heavy atom. The van der Waals surface area contributed by atoms with Crippen molar-refractivity contribution >= 4 is 22.8 Å². The van der Waals surface area contributed by atoms with Gasteiger partial charge in [-0.1, -0.05) is 18.2 Å². The minimum atomic E-state index is -0.267. The van der Waals surface area contributed by atoms with Gasteiger partial charge in [0.15, 0.2) is 11.6 Å². The molecular weight excluding hydrogens is 306 g/mol. The van der Waals surface area contributed by atoms with Crippen molar-refractivity contribution in [3.63, 3.8) is 0 Å². The number of aromatic amines is 1. The van der Waals surface area contributed by atoms with Crippen molar-refractivity contribution in [3.05, 3.63) is 36.4 Å². The van der Waals surface area contributed by atoms with Gasteiger partial charge in [0.2, 0.25) is 0 Å². The first kappa shape index (κ1) is 16.1. The second-order valence-corrected chi connectivity index (χ2v) is 5.85. The smallest absolute Gasteiger partial charge is 0.320 e. The van der Waals surface area contributed by atoms with E-state index in [1.807, 2.05) is 44.4 Å². The van der Waals surface area contributed by atoms with E-state index in [0.717, 1.165) is 23.9 Å². The monoisotopic (exact) mass is 327 g/mol. The molecule has 2 amide bonds. The maximum Gasteiger partial charge on any atom is 0.320 e. The number of amides is 2. The van der Waals surface area contributed by atoms with Crippen LogP contribution in [-0.2, 0) is 0 Å². The number of nitrogens with zero attached hydrogens (tertiary/aromatic N) is 2. The van der Waals surface area contributed by atoms with Gasteiger partial charge in [-0.3, -0.25) is 10.4 Å². The van der Waals surface area contributed by atoms with Gasteiger partial charge in [-0.25, -0.2) is 4.79 Å². The predicted molar refractivity (Wildman–Crippen MR) is 94.0 cm³/mol. The fourth-order valence-corrected chi connectivity index (χ4v) is 2.38. The van der Waals surface area contributed by atoms with Crippen LogP contribution in [0.5, 0.6) is 0 Å². The molecule has 126 valence electrons. The fourth-order valence-electron chi connectivity index (χ4n) is 2.38. The van der Waals surface area contributed by atoms with Gasteiger partial charge < -0.3 is 14.6 Å². The summed E-state index contributed by atoms with van der Waals surface area (Å²) in [5.74, 6) is 1.14. The predicted octanol–water partition coefficient (Wildman–Crippen LogP) is 2.90. The summed E-state index contributed by atoms with van der Waals surface area (Å²) in [6, 6.07) is 11.2. The number of benzene rings is 1. The molecule has 0 unspecified atom stereocenters. The van der Waals surface area contributed by atoms with Crippen LogP contribution in [0.4, 0.5) is 10.6 Å². The van der Waals surface area contributed by atoms with Crippen LogP contribution in [0.3, 0.4) is 0 Å². The molecule has 7 heteroatoms. The average Bonchev–Trinajstić information content (AvgIpc) is 3.17. The van der Waals surface area contributed by atoms with E-state index in [-0.39, 0.29) is 6.03 Å². The van der Waals surface area contributed by atoms with Crippen LogP contribution in [0.1, 0.15) is 6.42 Å². The molecule has 0 saturated heterocycles. The number of para-hydroxylation sites is 1. The molecule has 24 heavy (non-hydrogen) atoms. The van der Waals surface area contributed by atoms with Crippen molar-refractivity contribution in [1.29, 1.82) is 0 Å². The summed E-state index contributed by atoms with van der Waals surface area (Å²) in [7, 11) is 4.01. The summed E-state index contributed by atoms with van der Waals surface area (Å²) in [4.78, 5) is 13.9. The summed E-state index contributed by atoms with van der Waals surface area (Å²) < 4.78 is 5.77. The molecule has 0 aliphatic heterocycles. The minimum absolute atomic E-state index is 0.267. The van der Waals surface area contributed by atoms with Gasteiger partial charge >= 0.3 is 6.03 Å². The number of aromatic nitrogens is 2. The van der Waals surface area contributed by atoms with Crippen LogP contribution in [0.2, 0.25) is 0 Å². The maximum atomic E-state index is 11.8. The van der Waals surface area contributed by atoms with Gasteiger partial charge in [-0.15, -0.1) is 0 Å². The second-order valence-electron chi connectivity index (χ2n) is 5.85. The molecule has 3 aromatic rings. The Labute approximate surface area is 140 Å². The van der Waals surface area contributed by atoms with Crippen molar-refractivity contribution < 1.29 is 9.21 Å². The summed E-state index contributed by atoms with van der Waals surface area (Å²) >= 11 is 0. The number of urea groups is 1. The van der Waals surface area contributed by atoms with E-state index in [0.29, 0.717) is 23.8 Å². The molecule has 1 aromatic carbocycles. The first-order valence-corrected chi connectivity index (χ1v) is 7.86. The zero-order valence-corrected chi connectivity index (χ0v) is 13.8. The highest BCUT2D eigenvalue weighted by Crippen LogP contribution is 2.27. The number of hydrogen-bond donors (Lipinski definition) is 3. The lowest BCUT2D eigenvalue weighted by Gasteiger charge is -2.09. The number of furan rings is 1. The van der Waals surface area contributed by atoms with Crippen molar-refractivity contribution in [3.8, 4) is 11.5 Å². The number of hydrogen-bond acceptors (Lipinski definition) is 4. The Morgan fingerprint density at radius 2 is 2.12 bits per heavy atom. The lowest BCUT2D eigenvalue weighted by Crippen LogP contribution is -2.31. The molecule has 0 radical (unpaired) electrons. The third-order valence-electron chi connectivity index (χ3n) is 3.58. The summed E-state index contributed by atoms with van der Waals surface area (Å²) in [6.45, 7) is 1.55. The minimum Gasteiger partial charge on any atom is -0.454 e. The first-order chi connectivity index (χ1) is 11.6. The van der Waals surface area contributed by atoms with E-state index >= 15 is 0 Å². The molecule has 2 heterocycles. The first-order valence-electron chi connectivity index (χ1n) is 7.86. The molecule has 0 saturated carbocycles. The van der Waals surface area contributed by atoms with Crippen molar-refractivity contribution in [2.75, 3.05) is 32.5 Å². The van der Waals surface area contributed by atoms with Crippen molar-refractivity contribution in [1.82, 2.24) is 20.4 Å². The van der Waals surface area contributed by atoms with E-state index < -0.39 is 0 Å². The highest BCUT2D eigenvalue weighted by molar-refractivity contribution is 5.89. The molecule has 0 atom stereocenters.